The molecule has 0 radical (unpaired) electrons. The monoisotopic (exact) mass is 269 g/mol. The summed E-state index contributed by atoms with van der Waals surface area (Å²) >= 11 is 0. The van der Waals surface area contributed by atoms with Gasteiger partial charge in [0.25, 0.3) is 0 Å². The van der Waals surface area contributed by atoms with E-state index in [4.69, 9.17) is 19.8 Å². The van der Waals surface area contributed by atoms with Gasteiger partial charge >= 0.3 is 11.9 Å². The zero-order valence-electron chi connectivity index (χ0n) is 11.3. The van der Waals surface area contributed by atoms with Gasteiger partial charge in [0.15, 0.2) is 0 Å². The van der Waals surface area contributed by atoms with Crippen LogP contribution in [0, 0.1) is 11.8 Å². The first-order chi connectivity index (χ1) is 8.61. The Hall–Kier alpha value is -1.84. The molecule has 19 heavy (non-hydrogen) atoms. The Morgan fingerprint density at radius 3 is 2.16 bits per heavy atom. The van der Waals surface area contributed by atoms with E-state index < -0.39 is 17.5 Å². The molecule has 6 heteroatoms. The number of rotatable bonds is 0. The maximum atomic E-state index is 9.39. The third-order valence-electron chi connectivity index (χ3n) is 2.12. The smallest absolute Gasteiger partial charge is 0.414 e. The SMILES string of the molecule is CN1CC=C(C#CC(C)(C)O)CC1.O=C(O)C(=O)O. The van der Waals surface area contributed by atoms with E-state index in [0.29, 0.717) is 0 Å². The molecule has 0 aromatic heterocycles. The fourth-order valence-electron chi connectivity index (χ4n) is 1.12. The molecular weight excluding hydrogens is 250 g/mol. The Kier molecular flexibility index (Phi) is 6.83. The van der Waals surface area contributed by atoms with Crippen molar-refractivity contribution < 1.29 is 24.9 Å². The number of carboxylic acid groups (broad SMARTS) is 2. The van der Waals surface area contributed by atoms with Gasteiger partial charge in [-0.15, -0.1) is 0 Å². The van der Waals surface area contributed by atoms with E-state index in [2.05, 4.69) is 29.9 Å². The van der Waals surface area contributed by atoms with Crippen LogP contribution in [-0.2, 0) is 9.59 Å². The van der Waals surface area contributed by atoms with Gasteiger partial charge in [-0.05, 0) is 27.3 Å². The van der Waals surface area contributed by atoms with Crippen LogP contribution in [0.5, 0.6) is 0 Å². The van der Waals surface area contributed by atoms with Gasteiger partial charge in [0, 0.05) is 18.7 Å². The molecule has 0 aromatic rings. The van der Waals surface area contributed by atoms with Crippen molar-refractivity contribution in [2.45, 2.75) is 25.9 Å². The number of likely N-dealkylation sites (N-methyl/N-ethyl adjacent to an activating group) is 1. The minimum atomic E-state index is -1.82. The van der Waals surface area contributed by atoms with Gasteiger partial charge in [-0.1, -0.05) is 17.9 Å². The van der Waals surface area contributed by atoms with Gasteiger partial charge in [0.05, 0.1) is 0 Å². The van der Waals surface area contributed by atoms with Gasteiger partial charge in [-0.25, -0.2) is 9.59 Å². The number of carboxylic acids is 2. The van der Waals surface area contributed by atoms with Crippen LogP contribution in [-0.4, -0.2) is 57.9 Å². The van der Waals surface area contributed by atoms with Crippen LogP contribution >= 0.6 is 0 Å². The highest BCUT2D eigenvalue weighted by molar-refractivity contribution is 6.27. The average molecular weight is 269 g/mol. The number of hydrogen-bond donors (Lipinski definition) is 3. The van der Waals surface area contributed by atoms with E-state index >= 15 is 0 Å². The number of nitrogens with zero attached hydrogens (tertiary/aromatic N) is 1. The van der Waals surface area contributed by atoms with Crippen molar-refractivity contribution in [1.29, 1.82) is 0 Å². The molecule has 0 aliphatic carbocycles. The van der Waals surface area contributed by atoms with Gasteiger partial charge in [0.1, 0.15) is 5.60 Å². The first-order valence-electron chi connectivity index (χ1n) is 5.71. The highest BCUT2D eigenvalue weighted by atomic mass is 16.4. The molecule has 3 N–H and O–H groups in total. The summed E-state index contributed by atoms with van der Waals surface area (Å²) < 4.78 is 0. The summed E-state index contributed by atoms with van der Waals surface area (Å²) in [6.45, 7) is 5.44. The summed E-state index contributed by atoms with van der Waals surface area (Å²) in [4.78, 5) is 20.4. The fourth-order valence-corrected chi connectivity index (χ4v) is 1.12. The quantitative estimate of drug-likeness (QED) is 0.428. The van der Waals surface area contributed by atoms with E-state index in [0.717, 1.165) is 25.1 Å². The average Bonchev–Trinajstić information content (AvgIpc) is 2.28. The molecule has 0 atom stereocenters. The Morgan fingerprint density at radius 2 is 1.84 bits per heavy atom. The highest BCUT2D eigenvalue weighted by Crippen LogP contribution is 2.08. The number of carbonyl (C=O) groups is 2. The minimum absolute atomic E-state index is 0.871. The lowest BCUT2D eigenvalue weighted by atomic mass is 10.1. The Bertz CT molecular complexity index is 411. The van der Waals surface area contributed by atoms with Gasteiger partial charge in [0.2, 0.25) is 0 Å². The maximum Gasteiger partial charge on any atom is 0.414 e. The minimum Gasteiger partial charge on any atom is -0.473 e. The molecule has 0 bridgehead atoms. The lowest BCUT2D eigenvalue weighted by Gasteiger charge is -2.19. The summed E-state index contributed by atoms with van der Waals surface area (Å²) in [5, 5.41) is 24.2. The van der Waals surface area contributed by atoms with E-state index in [9.17, 15) is 5.11 Å². The second kappa shape index (κ2) is 7.56. The Morgan fingerprint density at radius 1 is 1.32 bits per heavy atom. The van der Waals surface area contributed by atoms with Crippen molar-refractivity contribution in [2.24, 2.45) is 0 Å². The third-order valence-corrected chi connectivity index (χ3v) is 2.12. The first-order valence-corrected chi connectivity index (χ1v) is 5.71. The zero-order valence-corrected chi connectivity index (χ0v) is 11.3. The van der Waals surface area contributed by atoms with Crippen LogP contribution in [0.2, 0.25) is 0 Å². The second-order valence-corrected chi connectivity index (χ2v) is 4.66. The Labute approximate surface area is 112 Å². The molecule has 1 aliphatic rings. The van der Waals surface area contributed by atoms with Gasteiger partial charge in [-0.3, -0.25) is 0 Å². The molecule has 0 fully saturated rings. The lowest BCUT2D eigenvalue weighted by molar-refractivity contribution is -0.159. The summed E-state index contributed by atoms with van der Waals surface area (Å²) in [5.74, 6) is 2.19. The predicted molar refractivity (Wildman–Crippen MR) is 69.5 cm³/mol. The van der Waals surface area contributed by atoms with Gasteiger partial charge in [-0.2, -0.15) is 0 Å². The molecule has 0 amide bonds. The summed E-state index contributed by atoms with van der Waals surface area (Å²) in [7, 11) is 2.09. The van der Waals surface area contributed by atoms with Crippen LogP contribution < -0.4 is 0 Å². The Balaban J connectivity index is 0.000000459. The molecule has 0 saturated heterocycles. The molecule has 6 nitrogen and oxygen atoms in total. The van der Waals surface area contributed by atoms with Crippen molar-refractivity contribution in [2.75, 3.05) is 20.1 Å². The van der Waals surface area contributed by atoms with Crippen molar-refractivity contribution in [3.8, 4) is 11.8 Å². The van der Waals surface area contributed by atoms with Crippen LogP contribution in [0.15, 0.2) is 11.6 Å². The summed E-state index contributed by atoms with van der Waals surface area (Å²) in [5.41, 5.74) is 0.282. The molecule has 0 aromatic carbocycles. The first kappa shape index (κ1) is 17.2. The second-order valence-electron chi connectivity index (χ2n) is 4.66. The summed E-state index contributed by atoms with van der Waals surface area (Å²) in [6, 6.07) is 0. The van der Waals surface area contributed by atoms with Crippen molar-refractivity contribution in [3.63, 3.8) is 0 Å². The lowest BCUT2D eigenvalue weighted by Crippen LogP contribution is -2.24. The largest absolute Gasteiger partial charge is 0.473 e. The van der Waals surface area contributed by atoms with E-state index in [1.165, 1.54) is 0 Å². The molecule has 106 valence electrons. The molecule has 1 heterocycles. The topological polar surface area (TPSA) is 98.1 Å². The molecule has 0 saturated carbocycles. The molecule has 1 rings (SSSR count). The molecule has 1 aliphatic heterocycles. The normalized spacial score (nSPS) is 15.3. The number of aliphatic hydroxyl groups is 1. The third kappa shape index (κ3) is 9.83. The number of aliphatic carboxylic acids is 2. The molecule has 0 spiro atoms. The summed E-state index contributed by atoms with van der Waals surface area (Å²) in [6.07, 6.45) is 3.13. The maximum absolute atomic E-state index is 9.39. The predicted octanol–water partition coefficient (Wildman–Crippen LogP) is 0.178. The van der Waals surface area contributed by atoms with Crippen LogP contribution in [0.4, 0.5) is 0 Å². The number of hydrogen-bond acceptors (Lipinski definition) is 4. The van der Waals surface area contributed by atoms with Gasteiger partial charge < -0.3 is 20.2 Å². The van der Waals surface area contributed by atoms with Crippen LogP contribution in [0.3, 0.4) is 0 Å². The fraction of sp³-hybridized carbons (Fsp3) is 0.538. The van der Waals surface area contributed by atoms with E-state index in [-0.39, 0.29) is 0 Å². The molecular formula is C13H19NO5. The van der Waals surface area contributed by atoms with Crippen molar-refractivity contribution >= 4 is 11.9 Å². The van der Waals surface area contributed by atoms with Crippen molar-refractivity contribution in [1.82, 2.24) is 4.90 Å². The molecule has 0 unspecified atom stereocenters. The van der Waals surface area contributed by atoms with Crippen LogP contribution in [0.1, 0.15) is 20.3 Å². The zero-order chi connectivity index (χ0) is 15.1. The van der Waals surface area contributed by atoms with Crippen molar-refractivity contribution in [3.05, 3.63) is 11.6 Å². The standard InChI is InChI=1S/C11H17NO.C2H2O4/c1-11(2,13)7-4-10-5-8-12(3)9-6-10;3-1(4)2(5)6/h5,13H,6,8-9H2,1-3H3;(H,3,4)(H,5,6). The highest BCUT2D eigenvalue weighted by Gasteiger charge is 2.08. The van der Waals surface area contributed by atoms with E-state index in [1.54, 1.807) is 13.8 Å². The van der Waals surface area contributed by atoms with Crippen LogP contribution in [0.25, 0.3) is 0 Å². The van der Waals surface area contributed by atoms with E-state index in [1.807, 2.05) is 0 Å².